The monoisotopic (exact) mass is 349 g/mol. The largest absolute Gasteiger partial charge is 0.306 e. The standard InChI is InChI=1S/C17H20BrNS/c1-2-19-17(15-10-11-16(18)20-15)14-9-4-3-8-13(14)12-6-5-7-12/h3-4,8-12,17,19H,2,5-7H2,1H3. The summed E-state index contributed by atoms with van der Waals surface area (Å²) in [6, 6.07) is 13.7. The summed E-state index contributed by atoms with van der Waals surface area (Å²) in [5.41, 5.74) is 3.02. The lowest BCUT2D eigenvalue weighted by Gasteiger charge is -2.30. The van der Waals surface area contributed by atoms with Crippen LogP contribution in [0.4, 0.5) is 0 Å². The van der Waals surface area contributed by atoms with Crippen molar-refractivity contribution in [3.63, 3.8) is 0 Å². The van der Waals surface area contributed by atoms with Gasteiger partial charge in [-0.2, -0.15) is 0 Å². The zero-order chi connectivity index (χ0) is 13.9. The molecule has 20 heavy (non-hydrogen) atoms. The van der Waals surface area contributed by atoms with Crippen LogP contribution >= 0.6 is 27.3 Å². The summed E-state index contributed by atoms with van der Waals surface area (Å²) in [7, 11) is 0. The molecule has 1 N–H and O–H groups in total. The molecule has 3 rings (SSSR count). The van der Waals surface area contributed by atoms with Crippen molar-refractivity contribution in [1.82, 2.24) is 5.32 Å². The van der Waals surface area contributed by atoms with Crippen molar-refractivity contribution >= 4 is 27.3 Å². The molecule has 1 aromatic heterocycles. The third-order valence-electron chi connectivity index (χ3n) is 4.14. The molecular formula is C17H20BrNS. The van der Waals surface area contributed by atoms with Gasteiger partial charge in [-0.3, -0.25) is 0 Å². The number of thiophene rings is 1. The molecule has 1 aliphatic carbocycles. The highest BCUT2D eigenvalue weighted by Gasteiger charge is 2.25. The van der Waals surface area contributed by atoms with E-state index in [4.69, 9.17) is 0 Å². The van der Waals surface area contributed by atoms with Gasteiger partial charge in [0.25, 0.3) is 0 Å². The van der Waals surface area contributed by atoms with Crippen LogP contribution in [0.5, 0.6) is 0 Å². The summed E-state index contributed by atoms with van der Waals surface area (Å²) in [4.78, 5) is 1.39. The van der Waals surface area contributed by atoms with E-state index in [2.05, 4.69) is 64.6 Å². The van der Waals surface area contributed by atoms with Crippen molar-refractivity contribution in [3.8, 4) is 0 Å². The lowest BCUT2D eigenvalue weighted by atomic mass is 9.77. The van der Waals surface area contributed by atoms with Crippen LogP contribution in [0, 0.1) is 0 Å². The van der Waals surface area contributed by atoms with Crippen LogP contribution < -0.4 is 5.32 Å². The third-order valence-corrected chi connectivity index (χ3v) is 5.83. The highest BCUT2D eigenvalue weighted by atomic mass is 79.9. The molecule has 1 atom stereocenters. The maximum absolute atomic E-state index is 3.66. The third kappa shape index (κ3) is 2.85. The Morgan fingerprint density at radius 3 is 2.65 bits per heavy atom. The second-order valence-electron chi connectivity index (χ2n) is 5.39. The van der Waals surface area contributed by atoms with E-state index in [9.17, 15) is 0 Å². The molecule has 0 aliphatic heterocycles. The van der Waals surface area contributed by atoms with E-state index >= 15 is 0 Å². The Hall–Kier alpha value is -0.640. The lowest BCUT2D eigenvalue weighted by Crippen LogP contribution is -2.24. The summed E-state index contributed by atoms with van der Waals surface area (Å²) in [6.07, 6.45) is 4.09. The fourth-order valence-corrected chi connectivity index (χ4v) is 4.43. The zero-order valence-electron chi connectivity index (χ0n) is 11.7. The van der Waals surface area contributed by atoms with Crippen molar-refractivity contribution in [2.24, 2.45) is 0 Å². The molecule has 1 unspecified atom stereocenters. The van der Waals surface area contributed by atoms with Crippen LogP contribution in [0.15, 0.2) is 40.2 Å². The highest BCUT2D eigenvalue weighted by molar-refractivity contribution is 9.11. The fourth-order valence-electron chi connectivity index (χ4n) is 2.92. The molecular weight excluding hydrogens is 330 g/mol. The molecule has 1 fully saturated rings. The number of hydrogen-bond donors (Lipinski definition) is 1. The van der Waals surface area contributed by atoms with E-state index in [1.54, 1.807) is 5.56 Å². The maximum atomic E-state index is 3.66. The quantitative estimate of drug-likeness (QED) is 0.753. The average molecular weight is 350 g/mol. The van der Waals surface area contributed by atoms with Crippen molar-refractivity contribution in [3.05, 3.63) is 56.2 Å². The van der Waals surface area contributed by atoms with Crippen LogP contribution in [0.25, 0.3) is 0 Å². The van der Waals surface area contributed by atoms with Crippen molar-refractivity contribution in [2.75, 3.05) is 6.54 Å². The van der Waals surface area contributed by atoms with E-state index in [1.165, 1.54) is 33.5 Å². The van der Waals surface area contributed by atoms with Crippen LogP contribution in [0.2, 0.25) is 0 Å². The summed E-state index contributed by atoms with van der Waals surface area (Å²) >= 11 is 5.42. The Bertz CT molecular complexity index is 574. The minimum atomic E-state index is 0.327. The molecule has 106 valence electrons. The average Bonchev–Trinajstić information content (AvgIpc) is 2.81. The van der Waals surface area contributed by atoms with Crippen LogP contribution in [-0.2, 0) is 0 Å². The van der Waals surface area contributed by atoms with Gasteiger partial charge in [0, 0.05) is 4.88 Å². The van der Waals surface area contributed by atoms with E-state index in [1.807, 2.05) is 11.3 Å². The number of nitrogens with one attached hydrogen (secondary N) is 1. The molecule has 0 amide bonds. The summed E-state index contributed by atoms with van der Waals surface area (Å²) in [6.45, 7) is 3.17. The summed E-state index contributed by atoms with van der Waals surface area (Å²) < 4.78 is 1.21. The Morgan fingerprint density at radius 2 is 2.05 bits per heavy atom. The van der Waals surface area contributed by atoms with Crippen LogP contribution in [0.1, 0.15) is 54.1 Å². The molecule has 1 saturated carbocycles. The lowest BCUT2D eigenvalue weighted by molar-refractivity contribution is 0.414. The molecule has 1 nitrogen and oxygen atoms in total. The van der Waals surface area contributed by atoms with Gasteiger partial charge < -0.3 is 5.32 Å². The van der Waals surface area contributed by atoms with Gasteiger partial charge in [-0.25, -0.2) is 0 Å². The molecule has 1 heterocycles. The molecule has 1 aromatic carbocycles. The molecule has 2 aromatic rings. The maximum Gasteiger partial charge on any atom is 0.0702 e. The number of hydrogen-bond acceptors (Lipinski definition) is 2. The predicted octanol–water partition coefficient (Wildman–Crippen LogP) is 5.48. The molecule has 0 spiro atoms. The molecule has 0 bridgehead atoms. The smallest absolute Gasteiger partial charge is 0.0702 e. The predicted molar refractivity (Wildman–Crippen MR) is 90.6 cm³/mol. The number of benzene rings is 1. The van der Waals surface area contributed by atoms with Crippen LogP contribution in [-0.4, -0.2) is 6.54 Å². The molecule has 0 radical (unpaired) electrons. The van der Waals surface area contributed by atoms with Gasteiger partial charge in [0.05, 0.1) is 9.83 Å². The second-order valence-corrected chi connectivity index (χ2v) is 7.88. The first-order valence-corrected chi connectivity index (χ1v) is 8.98. The van der Waals surface area contributed by atoms with E-state index in [0.717, 1.165) is 12.5 Å². The Kier molecular flexibility index (Phi) is 4.59. The molecule has 1 aliphatic rings. The SMILES string of the molecule is CCNC(c1ccc(Br)s1)c1ccccc1C1CCC1. The normalized spacial score (nSPS) is 16.9. The summed E-state index contributed by atoms with van der Waals surface area (Å²) in [5, 5.41) is 3.66. The molecule has 0 saturated heterocycles. The zero-order valence-corrected chi connectivity index (χ0v) is 14.1. The van der Waals surface area contributed by atoms with Gasteiger partial charge >= 0.3 is 0 Å². The first-order chi connectivity index (χ1) is 9.79. The summed E-state index contributed by atoms with van der Waals surface area (Å²) in [5.74, 6) is 0.774. The molecule has 3 heteroatoms. The second kappa shape index (κ2) is 6.42. The topological polar surface area (TPSA) is 12.0 Å². The first kappa shape index (κ1) is 14.3. The van der Waals surface area contributed by atoms with Gasteiger partial charge in [0.1, 0.15) is 0 Å². The minimum absolute atomic E-state index is 0.327. The fraction of sp³-hybridized carbons (Fsp3) is 0.412. The Balaban J connectivity index is 1.98. The highest BCUT2D eigenvalue weighted by Crippen LogP contribution is 2.41. The van der Waals surface area contributed by atoms with Gasteiger partial charge in [-0.15, -0.1) is 11.3 Å². The number of rotatable bonds is 5. The van der Waals surface area contributed by atoms with E-state index < -0.39 is 0 Å². The van der Waals surface area contributed by atoms with Crippen molar-refractivity contribution in [1.29, 1.82) is 0 Å². The minimum Gasteiger partial charge on any atom is -0.306 e. The van der Waals surface area contributed by atoms with Gasteiger partial charge in [-0.05, 0) is 64.5 Å². The van der Waals surface area contributed by atoms with E-state index in [-0.39, 0.29) is 0 Å². The van der Waals surface area contributed by atoms with Crippen molar-refractivity contribution in [2.45, 2.75) is 38.1 Å². The van der Waals surface area contributed by atoms with Gasteiger partial charge in [0.15, 0.2) is 0 Å². The Labute approximate surface area is 133 Å². The van der Waals surface area contributed by atoms with Gasteiger partial charge in [-0.1, -0.05) is 37.6 Å². The van der Waals surface area contributed by atoms with Crippen LogP contribution in [0.3, 0.4) is 0 Å². The Morgan fingerprint density at radius 1 is 1.25 bits per heavy atom. The van der Waals surface area contributed by atoms with Crippen molar-refractivity contribution < 1.29 is 0 Å². The first-order valence-electron chi connectivity index (χ1n) is 7.37. The van der Waals surface area contributed by atoms with Gasteiger partial charge in [0.2, 0.25) is 0 Å². The van der Waals surface area contributed by atoms with E-state index in [0.29, 0.717) is 6.04 Å². The number of halogens is 1.